The third-order valence-corrected chi connectivity index (χ3v) is 7.06. The Morgan fingerprint density at radius 2 is 1.82 bits per heavy atom. The number of aromatic nitrogens is 6. The number of benzene rings is 2. The molecule has 8 nitrogen and oxygen atoms in total. The molecule has 6 rings (SSSR count). The summed E-state index contributed by atoms with van der Waals surface area (Å²) in [6, 6.07) is 16.8. The van der Waals surface area contributed by atoms with Crippen LogP contribution in [0.2, 0.25) is 0 Å². The van der Waals surface area contributed by atoms with E-state index in [-0.39, 0.29) is 5.88 Å². The normalized spacial score (nSPS) is 15.7. The highest BCUT2D eigenvalue weighted by molar-refractivity contribution is 5.68. The minimum absolute atomic E-state index is 0.270. The third-order valence-electron chi connectivity index (χ3n) is 7.06. The molecule has 0 fully saturated rings. The fraction of sp³-hybridized carbons (Fsp3) is 0.241. The number of pyridine rings is 1. The lowest BCUT2D eigenvalue weighted by Gasteiger charge is -2.36. The molecule has 4 heterocycles. The number of methoxy groups -OCH3 is 1. The van der Waals surface area contributed by atoms with Gasteiger partial charge in [0.05, 0.1) is 43.0 Å². The summed E-state index contributed by atoms with van der Waals surface area (Å²) in [6.07, 6.45) is 0.426. The lowest BCUT2D eigenvalue weighted by atomic mass is 9.92. The van der Waals surface area contributed by atoms with Crippen LogP contribution in [0.15, 0.2) is 79.5 Å². The molecule has 0 saturated heterocycles. The monoisotopic (exact) mass is 545 g/mol. The molecule has 1 aliphatic heterocycles. The standard InChI is InChI=1S/C29H26F3N7O/c1-19-15-38(18-34-19)25-11-10-24(36-28(25)40-2)23-14-21(29(30,31)32)8-9-22(23)26-27-33-17-35-39(27)13-12-37(26)16-20-6-4-3-5-7-20/h3-11,14-15,17-18,26H,12-13,16H2,1-2H3. The predicted octanol–water partition coefficient (Wildman–Crippen LogP) is 5.47. The van der Waals surface area contributed by atoms with Crippen LogP contribution in [0.25, 0.3) is 16.9 Å². The molecule has 0 bridgehead atoms. The van der Waals surface area contributed by atoms with E-state index in [1.165, 1.54) is 19.5 Å². The number of halogens is 3. The van der Waals surface area contributed by atoms with Crippen LogP contribution >= 0.6 is 0 Å². The van der Waals surface area contributed by atoms with Gasteiger partial charge in [-0.25, -0.2) is 19.6 Å². The molecule has 5 aromatic rings. The Balaban J connectivity index is 1.51. The smallest absolute Gasteiger partial charge is 0.416 e. The Hall–Kier alpha value is -4.51. The van der Waals surface area contributed by atoms with Crippen LogP contribution in [0.5, 0.6) is 5.88 Å². The maximum Gasteiger partial charge on any atom is 0.416 e. The molecular formula is C29H26F3N7O. The minimum atomic E-state index is -4.53. The number of hydrogen-bond donors (Lipinski definition) is 0. The first-order valence-corrected chi connectivity index (χ1v) is 12.7. The van der Waals surface area contributed by atoms with Crippen molar-refractivity contribution >= 4 is 0 Å². The molecule has 0 spiro atoms. The Morgan fingerprint density at radius 1 is 1.00 bits per heavy atom. The van der Waals surface area contributed by atoms with E-state index in [0.29, 0.717) is 48.0 Å². The molecule has 0 saturated carbocycles. The van der Waals surface area contributed by atoms with Crippen molar-refractivity contribution in [3.63, 3.8) is 0 Å². The van der Waals surface area contributed by atoms with Gasteiger partial charge in [0.2, 0.25) is 5.88 Å². The second kappa shape index (κ2) is 10.2. The van der Waals surface area contributed by atoms with Crippen LogP contribution in [0.3, 0.4) is 0 Å². The zero-order chi connectivity index (χ0) is 27.9. The van der Waals surface area contributed by atoms with Crippen LogP contribution < -0.4 is 4.74 Å². The fourth-order valence-electron chi connectivity index (χ4n) is 5.17. The zero-order valence-corrected chi connectivity index (χ0v) is 21.9. The summed E-state index contributed by atoms with van der Waals surface area (Å²) in [7, 11) is 1.48. The zero-order valence-electron chi connectivity index (χ0n) is 21.9. The van der Waals surface area contributed by atoms with Gasteiger partial charge in [0.1, 0.15) is 17.8 Å². The first kappa shape index (κ1) is 25.8. The lowest BCUT2D eigenvalue weighted by Crippen LogP contribution is -2.39. The van der Waals surface area contributed by atoms with Crippen molar-refractivity contribution in [2.45, 2.75) is 32.2 Å². The molecule has 1 unspecified atom stereocenters. The summed E-state index contributed by atoms with van der Waals surface area (Å²) in [4.78, 5) is 15.7. The molecule has 1 aliphatic rings. The summed E-state index contributed by atoms with van der Waals surface area (Å²) >= 11 is 0. The number of ether oxygens (including phenoxy) is 1. The van der Waals surface area contributed by atoms with Gasteiger partial charge in [0.25, 0.3) is 0 Å². The molecule has 3 aromatic heterocycles. The van der Waals surface area contributed by atoms with E-state index in [4.69, 9.17) is 4.74 Å². The highest BCUT2D eigenvalue weighted by Gasteiger charge is 2.36. The molecule has 0 N–H and O–H groups in total. The van der Waals surface area contributed by atoms with Crippen molar-refractivity contribution in [2.24, 2.45) is 0 Å². The van der Waals surface area contributed by atoms with Crippen molar-refractivity contribution in [3.05, 3.63) is 108 Å². The highest BCUT2D eigenvalue weighted by Crippen LogP contribution is 2.41. The van der Waals surface area contributed by atoms with Crippen LogP contribution in [-0.4, -0.2) is 47.9 Å². The van der Waals surface area contributed by atoms with Crippen molar-refractivity contribution in [1.29, 1.82) is 0 Å². The maximum absolute atomic E-state index is 14.0. The van der Waals surface area contributed by atoms with E-state index in [1.807, 2.05) is 48.1 Å². The second-order valence-electron chi connectivity index (χ2n) is 9.65. The lowest BCUT2D eigenvalue weighted by molar-refractivity contribution is -0.137. The Bertz CT molecular complexity index is 1650. The van der Waals surface area contributed by atoms with Gasteiger partial charge < -0.3 is 9.30 Å². The first-order chi connectivity index (χ1) is 19.3. The average Bonchev–Trinajstić information content (AvgIpc) is 3.61. The number of nitrogens with zero attached hydrogens (tertiary/aromatic N) is 7. The summed E-state index contributed by atoms with van der Waals surface area (Å²) < 4.78 is 51.0. The Labute approximate surface area is 228 Å². The molecular weight excluding hydrogens is 519 g/mol. The molecule has 40 heavy (non-hydrogen) atoms. The van der Waals surface area contributed by atoms with Gasteiger partial charge in [-0.15, -0.1) is 0 Å². The minimum Gasteiger partial charge on any atom is -0.479 e. The quantitative estimate of drug-likeness (QED) is 0.282. The average molecular weight is 546 g/mol. The molecule has 204 valence electrons. The van der Waals surface area contributed by atoms with Crippen LogP contribution in [0.4, 0.5) is 13.2 Å². The Kier molecular flexibility index (Phi) is 6.59. The molecule has 11 heteroatoms. The first-order valence-electron chi connectivity index (χ1n) is 12.7. The molecule has 0 amide bonds. The van der Waals surface area contributed by atoms with E-state index in [2.05, 4.69) is 25.0 Å². The Morgan fingerprint density at radius 3 is 2.55 bits per heavy atom. The van der Waals surface area contributed by atoms with Crippen molar-refractivity contribution in [2.75, 3.05) is 13.7 Å². The molecule has 0 radical (unpaired) electrons. The van der Waals surface area contributed by atoms with Gasteiger partial charge in [-0.1, -0.05) is 36.4 Å². The predicted molar refractivity (Wildman–Crippen MR) is 142 cm³/mol. The topological polar surface area (TPSA) is 73.9 Å². The number of aryl methyl sites for hydroxylation is 1. The van der Waals surface area contributed by atoms with Crippen LogP contribution in [-0.2, 0) is 19.3 Å². The van der Waals surface area contributed by atoms with Crippen LogP contribution in [0.1, 0.15) is 34.3 Å². The number of alkyl halides is 3. The van der Waals surface area contributed by atoms with Crippen LogP contribution in [0, 0.1) is 6.92 Å². The second-order valence-corrected chi connectivity index (χ2v) is 9.65. The van der Waals surface area contributed by atoms with Crippen molar-refractivity contribution in [1.82, 2.24) is 34.2 Å². The van der Waals surface area contributed by atoms with E-state index in [0.717, 1.165) is 23.4 Å². The fourth-order valence-corrected chi connectivity index (χ4v) is 5.17. The van der Waals surface area contributed by atoms with Gasteiger partial charge >= 0.3 is 6.18 Å². The molecule has 1 atom stereocenters. The van der Waals surface area contributed by atoms with E-state index >= 15 is 0 Å². The third kappa shape index (κ3) is 4.84. The van der Waals surface area contributed by atoms with Gasteiger partial charge in [0.15, 0.2) is 0 Å². The van der Waals surface area contributed by atoms with Gasteiger partial charge in [-0.3, -0.25) is 4.90 Å². The summed E-state index contributed by atoms with van der Waals surface area (Å²) in [5, 5.41) is 4.36. The number of imidazole rings is 1. The molecule has 0 aliphatic carbocycles. The molecule has 2 aromatic carbocycles. The van der Waals surface area contributed by atoms with Gasteiger partial charge in [-0.05, 0) is 42.3 Å². The summed E-state index contributed by atoms with van der Waals surface area (Å²) in [5.41, 5.74) is 3.13. The summed E-state index contributed by atoms with van der Waals surface area (Å²) in [6.45, 7) is 3.73. The van der Waals surface area contributed by atoms with Crippen molar-refractivity contribution < 1.29 is 17.9 Å². The van der Waals surface area contributed by atoms with Gasteiger partial charge in [-0.2, -0.15) is 18.3 Å². The largest absolute Gasteiger partial charge is 0.479 e. The van der Waals surface area contributed by atoms with E-state index < -0.39 is 17.8 Å². The maximum atomic E-state index is 14.0. The number of hydrogen-bond acceptors (Lipinski definition) is 6. The highest BCUT2D eigenvalue weighted by atomic mass is 19.4. The van der Waals surface area contributed by atoms with E-state index in [9.17, 15) is 13.2 Å². The van der Waals surface area contributed by atoms with Crippen molar-refractivity contribution in [3.8, 4) is 22.8 Å². The number of rotatable bonds is 6. The van der Waals surface area contributed by atoms with Gasteiger partial charge in [0, 0.05) is 24.8 Å². The summed E-state index contributed by atoms with van der Waals surface area (Å²) in [5.74, 6) is 0.937. The SMILES string of the molecule is COc1nc(-c2cc(C(F)(F)F)ccc2C2c3ncnn3CCN2Cc2ccccc2)ccc1-n1cnc(C)c1. The van der Waals surface area contributed by atoms with E-state index in [1.54, 1.807) is 23.0 Å². The number of fused-ring (bicyclic) bond motifs is 1.